The standard InChI is InChI=1S/C14H23N3/c1-11-7-8-16-14(13(11)9-15)17(2)10-12-5-3-4-6-12/h7-8,12H,3-6,9-10,15H2,1-2H3. The van der Waals surface area contributed by atoms with Gasteiger partial charge in [0.05, 0.1) is 0 Å². The maximum Gasteiger partial charge on any atom is 0.133 e. The quantitative estimate of drug-likeness (QED) is 0.868. The van der Waals surface area contributed by atoms with E-state index in [0.717, 1.165) is 18.3 Å². The van der Waals surface area contributed by atoms with Crippen molar-refractivity contribution in [2.75, 3.05) is 18.5 Å². The van der Waals surface area contributed by atoms with Crippen molar-refractivity contribution in [1.29, 1.82) is 0 Å². The SMILES string of the molecule is Cc1ccnc(N(C)CC2CCCC2)c1CN. The van der Waals surface area contributed by atoms with Gasteiger partial charge in [-0.05, 0) is 37.3 Å². The highest BCUT2D eigenvalue weighted by Gasteiger charge is 2.19. The molecule has 3 nitrogen and oxygen atoms in total. The third-order valence-electron chi connectivity index (χ3n) is 3.84. The van der Waals surface area contributed by atoms with Crippen LogP contribution in [0, 0.1) is 12.8 Å². The normalized spacial score (nSPS) is 16.4. The van der Waals surface area contributed by atoms with Crippen molar-refractivity contribution in [2.24, 2.45) is 11.7 Å². The summed E-state index contributed by atoms with van der Waals surface area (Å²) in [6.07, 6.45) is 7.41. The van der Waals surface area contributed by atoms with Crippen LogP contribution in [0.4, 0.5) is 5.82 Å². The van der Waals surface area contributed by atoms with Gasteiger partial charge >= 0.3 is 0 Å². The lowest BCUT2D eigenvalue weighted by Gasteiger charge is -2.24. The molecule has 1 aliphatic rings. The molecule has 1 fully saturated rings. The lowest BCUT2D eigenvalue weighted by molar-refractivity contribution is 0.544. The first-order valence-electron chi connectivity index (χ1n) is 6.58. The summed E-state index contributed by atoms with van der Waals surface area (Å²) in [4.78, 5) is 6.78. The maximum atomic E-state index is 5.83. The van der Waals surface area contributed by atoms with E-state index >= 15 is 0 Å². The van der Waals surface area contributed by atoms with Crippen LogP contribution >= 0.6 is 0 Å². The van der Waals surface area contributed by atoms with Crippen LogP contribution in [0.3, 0.4) is 0 Å². The van der Waals surface area contributed by atoms with Crippen LogP contribution in [0.15, 0.2) is 12.3 Å². The summed E-state index contributed by atoms with van der Waals surface area (Å²) in [6.45, 7) is 3.80. The van der Waals surface area contributed by atoms with Gasteiger partial charge in [0.2, 0.25) is 0 Å². The maximum absolute atomic E-state index is 5.83. The highest BCUT2D eigenvalue weighted by Crippen LogP contribution is 2.27. The zero-order chi connectivity index (χ0) is 12.3. The van der Waals surface area contributed by atoms with E-state index in [2.05, 4.69) is 23.9 Å². The molecule has 94 valence electrons. The number of anilines is 1. The number of pyridine rings is 1. The minimum absolute atomic E-state index is 0.573. The molecule has 0 aliphatic heterocycles. The fraction of sp³-hybridized carbons (Fsp3) is 0.643. The van der Waals surface area contributed by atoms with Gasteiger partial charge in [0, 0.05) is 31.9 Å². The molecule has 0 atom stereocenters. The minimum Gasteiger partial charge on any atom is -0.359 e. The van der Waals surface area contributed by atoms with Crippen LogP contribution < -0.4 is 10.6 Å². The molecule has 17 heavy (non-hydrogen) atoms. The summed E-state index contributed by atoms with van der Waals surface area (Å²) in [5.74, 6) is 1.91. The predicted octanol–water partition coefficient (Wildman–Crippen LogP) is 2.48. The van der Waals surface area contributed by atoms with E-state index in [9.17, 15) is 0 Å². The second-order valence-corrected chi connectivity index (χ2v) is 5.17. The zero-order valence-corrected chi connectivity index (χ0v) is 10.9. The largest absolute Gasteiger partial charge is 0.359 e. The van der Waals surface area contributed by atoms with Gasteiger partial charge in [-0.1, -0.05) is 12.8 Å². The molecule has 1 aliphatic carbocycles. The number of rotatable bonds is 4. The number of nitrogens with zero attached hydrogens (tertiary/aromatic N) is 2. The Balaban J connectivity index is 2.12. The van der Waals surface area contributed by atoms with E-state index in [0.29, 0.717) is 6.54 Å². The fourth-order valence-electron chi connectivity index (χ4n) is 2.82. The molecule has 0 saturated heterocycles. The Hall–Kier alpha value is -1.09. The second-order valence-electron chi connectivity index (χ2n) is 5.17. The summed E-state index contributed by atoms with van der Waals surface area (Å²) in [7, 11) is 2.14. The molecule has 0 aromatic carbocycles. The smallest absolute Gasteiger partial charge is 0.133 e. The molecular formula is C14H23N3. The minimum atomic E-state index is 0.573. The number of nitrogens with two attached hydrogens (primary N) is 1. The first-order chi connectivity index (χ1) is 8.22. The van der Waals surface area contributed by atoms with Gasteiger partial charge in [0.25, 0.3) is 0 Å². The van der Waals surface area contributed by atoms with Gasteiger partial charge in [-0.15, -0.1) is 0 Å². The predicted molar refractivity (Wildman–Crippen MR) is 72.1 cm³/mol. The van der Waals surface area contributed by atoms with E-state index in [1.807, 2.05) is 12.3 Å². The third-order valence-corrected chi connectivity index (χ3v) is 3.84. The Morgan fingerprint density at radius 3 is 2.76 bits per heavy atom. The monoisotopic (exact) mass is 233 g/mol. The van der Waals surface area contributed by atoms with Gasteiger partial charge in [-0.25, -0.2) is 4.98 Å². The Morgan fingerprint density at radius 1 is 1.41 bits per heavy atom. The summed E-state index contributed by atoms with van der Waals surface area (Å²) >= 11 is 0. The molecule has 0 unspecified atom stereocenters. The van der Waals surface area contributed by atoms with E-state index in [1.54, 1.807) is 0 Å². The molecule has 0 spiro atoms. The number of aromatic nitrogens is 1. The Morgan fingerprint density at radius 2 is 2.12 bits per heavy atom. The molecule has 1 saturated carbocycles. The van der Waals surface area contributed by atoms with Crippen molar-refractivity contribution >= 4 is 5.82 Å². The van der Waals surface area contributed by atoms with Gasteiger partial charge in [-0.3, -0.25) is 0 Å². The molecule has 1 aromatic rings. The average molecular weight is 233 g/mol. The number of hydrogen-bond acceptors (Lipinski definition) is 3. The molecule has 3 heteroatoms. The fourth-order valence-corrected chi connectivity index (χ4v) is 2.82. The summed E-state index contributed by atoms with van der Waals surface area (Å²) < 4.78 is 0. The van der Waals surface area contributed by atoms with Crippen LogP contribution in [-0.4, -0.2) is 18.6 Å². The summed E-state index contributed by atoms with van der Waals surface area (Å²) in [5, 5.41) is 0. The lowest BCUT2D eigenvalue weighted by Crippen LogP contribution is -2.26. The van der Waals surface area contributed by atoms with Crippen molar-refractivity contribution in [1.82, 2.24) is 4.98 Å². The first kappa shape index (κ1) is 12.4. The van der Waals surface area contributed by atoms with Gasteiger partial charge in [0.15, 0.2) is 0 Å². The van der Waals surface area contributed by atoms with Gasteiger partial charge in [0.1, 0.15) is 5.82 Å². The highest BCUT2D eigenvalue weighted by atomic mass is 15.2. The highest BCUT2D eigenvalue weighted by molar-refractivity contribution is 5.49. The van der Waals surface area contributed by atoms with E-state index in [-0.39, 0.29) is 0 Å². The molecule has 1 aromatic heterocycles. The van der Waals surface area contributed by atoms with Crippen LogP contribution in [0.5, 0.6) is 0 Å². The van der Waals surface area contributed by atoms with Crippen LogP contribution in [0.1, 0.15) is 36.8 Å². The van der Waals surface area contributed by atoms with E-state index < -0.39 is 0 Å². The van der Waals surface area contributed by atoms with Crippen molar-refractivity contribution in [2.45, 2.75) is 39.2 Å². The van der Waals surface area contributed by atoms with E-state index in [4.69, 9.17) is 5.73 Å². The average Bonchev–Trinajstić information content (AvgIpc) is 2.81. The van der Waals surface area contributed by atoms with E-state index in [1.165, 1.54) is 36.8 Å². The summed E-state index contributed by atoms with van der Waals surface area (Å²) in [5.41, 5.74) is 8.26. The second kappa shape index (κ2) is 5.50. The van der Waals surface area contributed by atoms with Crippen LogP contribution in [0.2, 0.25) is 0 Å². The molecule has 2 rings (SSSR count). The molecule has 2 N–H and O–H groups in total. The van der Waals surface area contributed by atoms with Crippen LogP contribution in [0.25, 0.3) is 0 Å². The lowest BCUT2D eigenvalue weighted by atomic mass is 10.1. The molecule has 0 bridgehead atoms. The first-order valence-corrected chi connectivity index (χ1v) is 6.58. The van der Waals surface area contributed by atoms with Gasteiger partial charge < -0.3 is 10.6 Å². The zero-order valence-electron chi connectivity index (χ0n) is 10.9. The topological polar surface area (TPSA) is 42.2 Å². The third kappa shape index (κ3) is 2.78. The number of hydrogen-bond donors (Lipinski definition) is 1. The van der Waals surface area contributed by atoms with Crippen molar-refractivity contribution < 1.29 is 0 Å². The molecular weight excluding hydrogens is 210 g/mol. The van der Waals surface area contributed by atoms with Crippen molar-refractivity contribution in [3.05, 3.63) is 23.4 Å². The summed E-state index contributed by atoms with van der Waals surface area (Å²) in [6, 6.07) is 2.04. The van der Waals surface area contributed by atoms with Crippen molar-refractivity contribution in [3.8, 4) is 0 Å². The molecule has 1 heterocycles. The number of aryl methyl sites for hydroxylation is 1. The molecule has 0 radical (unpaired) electrons. The Labute approximate surface area is 104 Å². The Bertz CT molecular complexity index is 370. The van der Waals surface area contributed by atoms with Crippen LogP contribution in [-0.2, 0) is 6.54 Å². The van der Waals surface area contributed by atoms with Gasteiger partial charge in [-0.2, -0.15) is 0 Å². The Kier molecular flexibility index (Phi) is 4.00. The molecule has 0 amide bonds. The van der Waals surface area contributed by atoms with Crippen molar-refractivity contribution in [3.63, 3.8) is 0 Å².